The van der Waals surface area contributed by atoms with Crippen LogP contribution in [0.1, 0.15) is 24.0 Å². The number of likely N-dealkylation sites (tertiary alicyclic amines) is 1. The van der Waals surface area contributed by atoms with E-state index in [0.29, 0.717) is 12.1 Å². The number of thioether (sulfide) groups is 1. The molecule has 1 aromatic rings. The average Bonchev–Trinajstić information content (AvgIpc) is 3.16. The van der Waals surface area contributed by atoms with Crippen molar-refractivity contribution in [1.29, 1.82) is 10.5 Å². The molecule has 2 aliphatic heterocycles. The van der Waals surface area contributed by atoms with Crippen molar-refractivity contribution < 1.29 is 5.17 Å². The van der Waals surface area contributed by atoms with Crippen LogP contribution in [0.5, 0.6) is 0 Å². The summed E-state index contributed by atoms with van der Waals surface area (Å²) in [6.45, 7) is 3.97. The van der Waals surface area contributed by atoms with Crippen LogP contribution in [-0.4, -0.2) is 59.7 Å². The Morgan fingerprint density at radius 2 is 2.11 bits per heavy atom. The molecule has 8 heteroatoms. The molecule has 0 amide bonds. The van der Waals surface area contributed by atoms with Crippen LogP contribution in [0.3, 0.4) is 0 Å². The van der Waals surface area contributed by atoms with Crippen LogP contribution in [0, 0.1) is 27.9 Å². The molecule has 0 aromatic heterocycles. The van der Waals surface area contributed by atoms with Crippen LogP contribution in [0.2, 0.25) is 0 Å². The molecule has 2 fully saturated rings. The summed E-state index contributed by atoms with van der Waals surface area (Å²) in [7, 11) is 0. The van der Waals surface area contributed by atoms with Gasteiger partial charge in [0.05, 0.1) is 24.2 Å². The number of nitriles is 2. The quantitative estimate of drug-likeness (QED) is 0.651. The van der Waals surface area contributed by atoms with E-state index < -0.39 is 0 Å². The smallest absolute Gasteiger partial charge is 0.108 e. The van der Waals surface area contributed by atoms with Crippen molar-refractivity contribution in [3.05, 3.63) is 40.6 Å². The SMILES string of the molecule is N#Cc1cccc(CN2CCC([NH+]([O-])NCCN3CSCC3C#N)CC2)c1. The predicted octanol–water partition coefficient (Wildman–Crippen LogP) is 0.308. The number of quaternary nitrogens is 1. The fourth-order valence-corrected chi connectivity index (χ4v) is 4.79. The molecular weight excluding hydrogens is 360 g/mol. The van der Waals surface area contributed by atoms with E-state index in [1.54, 1.807) is 11.8 Å². The molecule has 2 heterocycles. The van der Waals surface area contributed by atoms with E-state index in [9.17, 15) is 5.21 Å². The molecule has 0 saturated carbocycles. The van der Waals surface area contributed by atoms with Crippen LogP contribution >= 0.6 is 11.8 Å². The summed E-state index contributed by atoms with van der Waals surface area (Å²) in [4.78, 5) is 4.47. The third-order valence-corrected chi connectivity index (χ3v) is 6.31. The maximum atomic E-state index is 12.4. The first kappa shape index (κ1) is 20.1. The minimum absolute atomic E-state index is 0.0188. The van der Waals surface area contributed by atoms with Crippen molar-refractivity contribution in [1.82, 2.24) is 15.2 Å². The number of nitrogens with zero attached hydrogens (tertiary/aromatic N) is 4. The molecule has 2 atom stereocenters. The first-order valence-corrected chi connectivity index (χ1v) is 10.6. The third-order valence-electron chi connectivity index (χ3n) is 5.24. The molecule has 2 aliphatic rings. The number of benzene rings is 1. The molecule has 0 spiro atoms. The van der Waals surface area contributed by atoms with Gasteiger partial charge in [0, 0.05) is 50.7 Å². The third kappa shape index (κ3) is 5.66. The Balaban J connectivity index is 1.37. The van der Waals surface area contributed by atoms with Crippen molar-refractivity contribution in [3.63, 3.8) is 0 Å². The second-order valence-corrected chi connectivity index (χ2v) is 8.11. The Morgan fingerprint density at radius 3 is 2.85 bits per heavy atom. The van der Waals surface area contributed by atoms with Gasteiger partial charge < -0.3 is 5.21 Å². The maximum absolute atomic E-state index is 12.4. The standard InChI is InChI=1S/C19H26N6OS/c20-11-16-2-1-3-17(10-16)13-23-7-4-18(5-8-23)25(26)22-6-9-24-15-27-14-19(24)12-21/h1-3,10,18-19,22,25H,4-9,13-15H2. The lowest BCUT2D eigenvalue weighted by molar-refractivity contribution is -0.923. The van der Waals surface area contributed by atoms with Gasteiger partial charge in [-0.1, -0.05) is 12.1 Å². The summed E-state index contributed by atoms with van der Waals surface area (Å²) in [5, 5.41) is 30.7. The van der Waals surface area contributed by atoms with Crippen LogP contribution in [-0.2, 0) is 6.54 Å². The molecule has 2 saturated heterocycles. The summed E-state index contributed by atoms with van der Waals surface area (Å²) >= 11 is 1.77. The molecule has 27 heavy (non-hydrogen) atoms. The number of rotatable bonds is 7. The van der Waals surface area contributed by atoms with Gasteiger partial charge in [-0.3, -0.25) is 15.0 Å². The highest BCUT2D eigenvalue weighted by Crippen LogP contribution is 2.19. The fourth-order valence-electron chi connectivity index (χ4n) is 3.63. The van der Waals surface area contributed by atoms with Gasteiger partial charge in [-0.2, -0.15) is 15.9 Å². The first-order chi connectivity index (χ1) is 13.2. The van der Waals surface area contributed by atoms with E-state index in [2.05, 4.69) is 27.4 Å². The van der Waals surface area contributed by atoms with Crippen molar-refractivity contribution in [3.8, 4) is 12.1 Å². The van der Waals surface area contributed by atoms with Crippen LogP contribution in [0.25, 0.3) is 0 Å². The van der Waals surface area contributed by atoms with Gasteiger partial charge in [-0.15, -0.1) is 11.8 Å². The Morgan fingerprint density at radius 1 is 1.30 bits per heavy atom. The van der Waals surface area contributed by atoms with Gasteiger partial charge >= 0.3 is 0 Å². The van der Waals surface area contributed by atoms with Crippen LogP contribution < -0.4 is 10.6 Å². The molecule has 0 aliphatic carbocycles. The van der Waals surface area contributed by atoms with E-state index in [1.165, 1.54) is 0 Å². The molecule has 0 radical (unpaired) electrons. The maximum Gasteiger partial charge on any atom is 0.108 e. The Hall–Kier alpha value is -1.65. The van der Waals surface area contributed by atoms with Crippen LogP contribution in [0.15, 0.2) is 24.3 Å². The lowest BCUT2D eigenvalue weighted by atomic mass is 10.0. The van der Waals surface area contributed by atoms with E-state index in [4.69, 9.17) is 10.5 Å². The molecule has 0 bridgehead atoms. The molecule has 1 aromatic carbocycles. The van der Waals surface area contributed by atoms with Crippen molar-refractivity contribution in [2.24, 2.45) is 0 Å². The van der Waals surface area contributed by atoms with Crippen molar-refractivity contribution in [2.45, 2.75) is 31.5 Å². The second-order valence-electron chi connectivity index (χ2n) is 7.11. The fraction of sp³-hybridized carbons (Fsp3) is 0.579. The van der Waals surface area contributed by atoms with E-state index >= 15 is 0 Å². The lowest BCUT2D eigenvalue weighted by Crippen LogP contribution is -3.18. The second kappa shape index (κ2) is 10.0. The Bertz CT molecular complexity index is 694. The number of nitrogens with one attached hydrogen (secondary N) is 2. The molecule has 7 nitrogen and oxygen atoms in total. The lowest BCUT2D eigenvalue weighted by Gasteiger charge is -2.37. The average molecular weight is 387 g/mol. The van der Waals surface area contributed by atoms with Crippen molar-refractivity contribution in [2.75, 3.05) is 37.8 Å². The molecular formula is C19H26N6OS. The number of piperidine rings is 1. The highest BCUT2D eigenvalue weighted by molar-refractivity contribution is 7.99. The van der Waals surface area contributed by atoms with E-state index in [0.717, 1.165) is 56.2 Å². The zero-order chi connectivity index (χ0) is 19.1. The zero-order valence-electron chi connectivity index (χ0n) is 15.4. The van der Waals surface area contributed by atoms with Gasteiger partial charge in [-0.05, 0) is 17.7 Å². The minimum atomic E-state index is -0.0188. The predicted molar refractivity (Wildman–Crippen MR) is 105 cm³/mol. The highest BCUT2D eigenvalue weighted by Gasteiger charge is 2.26. The number of hydroxylamine groups is 1. The molecule has 3 rings (SSSR count). The first-order valence-electron chi connectivity index (χ1n) is 9.40. The summed E-state index contributed by atoms with van der Waals surface area (Å²) in [5.74, 6) is 1.74. The summed E-state index contributed by atoms with van der Waals surface area (Å²) in [5.41, 5.74) is 4.89. The topological polar surface area (TPSA) is 93.6 Å². The monoisotopic (exact) mass is 386 g/mol. The van der Waals surface area contributed by atoms with Crippen LogP contribution in [0.4, 0.5) is 0 Å². The number of hydrogen-bond acceptors (Lipinski definition) is 7. The summed E-state index contributed by atoms with van der Waals surface area (Å²) in [6, 6.07) is 12.3. The van der Waals surface area contributed by atoms with E-state index in [1.807, 2.05) is 24.3 Å². The molecule has 2 unspecified atom stereocenters. The Labute approximate surface area is 165 Å². The van der Waals surface area contributed by atoms with Gasteiger partial charge in [-0.25, -0.2) is 0 Å². The highest BCUT2D eigenvalue weighted by atomic mass is 32.2. The van der Waals surface area contributed by atoms with Gasteiger partial charge in [0.1, 0.15) is 12.1 Å². The zero-order valence-corrected chi connectivity index (χ0v) is 16.2. The largest absolute Gasteiger partial charge is 0.613 e. The van der Waals surface area contributed by atoms with Gasteiger partial charge in [0.15, 0.2) is 0 Å². The molecule has 144 valence electrons. The van der Waals surface area contributed by atoms with Crippen molar-refractivity contribution >= 4 is 11.8 Å². The molecule has 2 N–H and O–H groups in total. The minimum Gasteiger partial charge on any atom is -0.613 e. The van der Waals surface area contributed by atoms with Gasteiger partial charge in [0.2, 0.25) is 0 Å². The summed E-state index contributed by atoms with van der Waals surface area (Å²) < 4.78 is 0. The van der Waals surface area contributed by atoms with E-state index in [-0.39, 0.29) is 17.3 Å². The summed E-state index contributed by atoms with van der Waals surface area (Å²) in [6.07, 6.45) is 1.73. The normalized spacial score (nSPS) is 23.0. The number of hydrogen-bond donors (Lipinski definition) is 2. The van der Waals surface area contributed by atoms with Gasteiger partial charge in [0.25, 0.3) is 0 Å². The Kier molecular flexibility index (Phi) is 7.48.